The van der Waals surface area contributed by atoms with Crippen molar-refractivity contribution in [1.82, 2.24) is 9.47 Å². The number of aryl methyl sites for hydroxylation is 2. The lowest BCUT2D eigenvalue weighted by molar-refractivity contribution is 0.0600. The number of carbonyl (C=O) groups is 1. The summed E-state index contributed by atoms with van der Waals surface area (Å²) in [4.78, 5) is 27.1. The van der Waals surface area contributed by atoms with Crippen molar-refractivity contribution in [2.75, 3.05) is 13.7 Å². The number of esters is 1. The van der Waals surface area contributed by atoms with Crippen molar-refractivity contribution in [2.24, 2.45) is 5.92 Å². The predicted molar refractivity (Wildman–Crippen MR) is 125 cm³/mol. The zero-order valence-corrected chi connectivity index (χ0v) is 19.7. The van der Waals surface area contributed by atoms with Gasteiger partial charge in [0.05, 0.1) is 12.7 Å². The fourth-order valence-corrected chi connectivity index (χ4v) is 4.78. The zero-order valence-electron chi connectivity index (χ0n) is 19.0. The summed E-state index contributed by atoms with van der Waals surface area (Å²) in [5.74, 6) is 0.309. The summed E-state index contributed by atoms with van der Waals surface area (Å²) < 4.78 is 6.60. The number of ether oxygens (including phenoxy) is 1. The first kappa shape index (κ1) is 23.6. The van der Waals surface area contributed by atoms with E-state index in [0.717, 1.165) is 29.9 Å². The Hall–Kier alpha value is -2.11. The number of pyridine rings is 1. The molecule has 1 aliphatic rings. The van der Waals surface area contributed by atoms with E-state index in [9.17, 15) is 9.59 Å². The molecule has 0 radical (unpaired) electrons. The van der Waals surface area contributed by atoms with Gasteiger partial charge in [0, 0.05) is 24.8 Å². The quantitative estimate of drug-likeness (QED) is 0.546. The average molecular weight is 445 g/mol. The summed E-state index contributed by atoms with van der Waals surface area (Å²) in [5, 5.41) is 0.266. The molecule has 0 saturated carbocycles. The lowest BCUT2D eigenvalue weighted by Gasteiger charge is -2.28. The Morgan fingerprint density at radius 1 is 1.26 bits per heavy atom. The molecule has 1 fully saturated rings. The van der Waals surface area contributed by atoms with E-state index in [1.807, 2.05) is 23.6 Å². The maximum absolute atomic E-state index is 12.9. The topological polar surface area (TPSA) is 51.5 Å². The van der Waals surface area contributed by atoms with E-state index in [2.05, 4.69) is 18.7 Å². The molecular formula is C25H33ClN2O3. The molecular weight excluding hydrogens is 412 g/mol. The van der Waals surface area contributed by atoms with E-state index >= 15 is 0 Å². The fourth-order valence-electron chi connectivity index (χ4n) is 4.52. The average Bonchev–Trinajstić information content (AvgIpc) is 3.17. The van der Waals surface area contributed by atoms with Crippen molar-refractivity contribution in [3.05, 3.63) is 68.1 Å². The number of aromatic nitrogens is 1. The van der Waals surface area contributed by atoms with E-state index in [1.54, 1.807) is 18.2 Å². The Balaban J connectivity index is 1.81. The zero-order chi connectivity index (χ0) is 22.5. The van der Waals surface area contributed by atoms with Crippen LogP contribution in [0.5, 0.6) is 0 Å². The van der Waals surface area contributed by atoms with Crippen LogP contribution < -0.4 is 5.56 Å². The third-order valence-electron chi connectivity index (χ3n) is 6.17. The first-order valence-corrected chi connectivity index (χ1v) is 11.5. The number of hydrogen-bond acceptors (Lipinski definition) is 4. The molecule has 0 aliphatic carbocycles. The second kappa shape index (κ2) is 10.5. The van der Waals surface area contributed by atoms with Crippen LogP contribution in [0.2, 0.25) is 5.02 Å². The number of likely N-dealkylation sites (tertiary alicyclic amines) is 1. The number of benzene rings is 1. The summed E-state index contributed by atoms with van der Waals surface area (Å²) in [6.45, 7) is 8.97. The lowest BCUT2D eigenvalue weighted by Crippen LogP contribution is -2.34. The molecule has 0 amide bonds. The Labute approximate surface area is 190 Å². The van der Waals surface area contributed by atoms with Gasteiger partial charge in [-0.25, -0.2) is 4.79 Å². The Bertz CT molecular complexity index is 966. The minimum Gasteiger partial charge on any atom is -0.465 e. The minimum atomic E-state index is -0.350. The van der Waals surface area contributed by atoms with Crippen LogP contribution >= 0.6 is 11.6 Å². The van der Waals surface area contributed by atoms with Gasteiger partial charge in [0.2, 0.25) is 0 Å². The number of hydrogen-bond donors (Lipinski definition) is 0. The summed E-state index contributed by atoms with van der Waals surface area (Å²) in [5.41, 5.74) is 3.56. The van der Waals surface area contributed by atoms with Gasteiger partial charge in [-0.2, -0.15) is 0 Å². The fraction of sp³-hybridized carbons (Fsp3) is 0.520. The Morgan fingerprint density at radius 3 is 2.61 bits per heavy atom. The third kappa shape index (κ3) is 5.78. The van der Waals surface area contributed by atoms with E-state index in [1.165, 1.54) is 26.4 Å². The standard InChI is InChI=1S/C25H33ClN2O3/c1-17(2)14-21-6-5-12-27(21)16-23-18(3)15-22(26)24(29)28(23)13-11-19-7-9-20(10-8-19)25(30)31-4/h7-10,15,17,21H,5-6,11-14,16H2,1-4H3/t21-/m1/s1. The minimum absolute atomic E-state index is 0.131. The summed E-state index contributed by atoms with van der Waals surface area (Å²) >= 11 is 6.26. The highest BCUT2D eigenvalue weighted by Crippen LogP contribution is 2.26. The van der Waals surface area contributed by atoms with Gasteiger partial charge >= 0.3 is 5.97 Å². The van der Waals surface area contributed by atoms with Gasteiger partial charge in [-0.3, -0.25) is 9.69 Å². The predicted octanol–water partition coefficient (Wildman–Crippen LogP) is 4.85. The van der Waals surface area contributed by atoms with E-state index < -0.39 is 0 Å². The Kier molecular flexibility index (Phi) is 7.95. The summed E-state index contributed by atoms with van der Waals surface area (Å²) in [6, 6.07) is 9.71. The second-order valence-electron chi connectivity index (χ2n) is 8.91. The maximum Gasteiger partial charge on any atom is 0.337 e. The normalized spacial score (nSPS) is 16.8. The van der Waals surface area contributed by atoms with Crippen LogP contribution in [0.3, 0.4) is 0 Å². The van der Waals surface area contributed by atoms with Gasteiger partial charge in [0.15, 0.2) is 0 Å². The van der Waals surface area contributed by atoms with Gasteiger partial charge in [0.25, 0.3) is 5.56 Å². The molecule has 0 bridgehead atoms. The molecule has 1 aromatic heterocycles. The van der Waals surface area contributed by atoms with Crippen LogP contribution in [0.4, 0.5) is 0 Å². The number of nitrogens with zero attached hydrogens (tertiary/aromatic N) is 2. The van der Waals surface area contributed by atoms with Gasteiger partial charge in [-0.15, -0.1) is 0 Å². The van der Waals surface area contributed by atoms with Gasteiger partial charge in [0.1, 0.15) is 5.02 Å². The first-order valence-electron chi connectivity index (χ1n) is 11.1. The highest BCUT2D eigenvalue weighted by molar-refractivity contribution is 6.30. The first-order chi connectivity index (χ1) is 14.8. The molecule has 168 valence electrons. The molecule has 5 nitrogen and oxygen atoms in total. The second-order valence-corrected chi connectivity index (χ2v) is 9.32. The molecule has 1 aliphatic heterocycles. The van der Waals surface area contributed by atoms with Crippen molar-refractivity contribution >= 4 is 17.6 Å². The number of methoxy groups -OCH3 is 1. The Morgan fingerprint density at radius 2 is 1.97 bits per heavy atom. The molecule has 6 heteroatoms. The molecule has 0 N–H and O–H groups in total. The molecule has 31 heavy (non-hydrogen) atoms. The molecule has 1 saturated heterocycles. The van der Waals surface area contributed by atoms with Crippen LogP contribution in [-0.2, 0) is 24.2 Å². The van der Waals surface area contributed by atoms with Crippen molar-refractivity contribution in [3.63, 3.8) is 0 Å². The van der Waals surface area contributed by atoms with Gasteiger partial charge in [-0.1, -0.05) is 37.6 Å². The lowest BCUT2D eigenvalue weighted by atomic mass is 10.0. The monoisotopic (exact) mass is 444 g/mol. The third-order valence-corrected chi connectivity index (χ3v) is 6.44. The summed E-state index contributed by atoms with van der Waals surface area (Å²) in [7, 11) is 1.37. The van der Waals surface area contributed by atoms with Crippen LogP contribution in [0.15, 0.2) is 35.1 Å². The van der Waals surface area contributed by atoms with E-state index in [4.69, 9.17) is 16.3 Å². The summed E-state index contributed by atoms with van der Waals surface area (Å²) in [6.07, 6.45) is 4.30. The van der Waals surface area contributed by atoms with Gasteiger partial charge < -0.3 is 9.30 Å². The smallest absolute Gasteiger partial charge is 0.337 e. The van der Waals surface area contributed by atoms with Crippen molar-refractivity contribution in [1.29, 1.82) is 0 Å². The molecule has 0 spiro atoms. The molecule has 3 rings (SSSR count). The molecule has 1 atom stereocenters. The van der Waals surface area contributed by atoms with Crippen LogP contribution in [0.1, 0.15) is 60.3 Å². The van der Waals surface area contributed by atoms with Crippen LogP contribution in [0, 0.1) is 12.8 Å². The number of carbonyl (C=O) groups excluding carboxylic acids is 1. The van der Waals surface area contributed by atoms with Gasteiger partial charge in [-0.05, 0) is 74.4 Å². The van der Waals surface area contributed by atoms with E-state index in [-0.39, 0.29) is 16.6 Å². The van der Waals surface area contributed by atoms with Crippen molar-refractivity contribution < 1.29 is 9.53 Å². The highest BCUT2D eigenvalue weighted by atomic mass is 35.5. The maximum atomic E-state index is 12.9. The highest BCUT2D eigenvalue weighted by Gasteiger charge is 2.26. The number of halogens is 1. The molecule has 1 aromatic carbocycles. The largest absolute Gasteiger partial charge is 0.465 e. The van der Waals surface area contributed by atoms with Crippen LogP contribution in [0.25, 0.3) is 0 Å². The molecule has 2 heterocycles. The SMILES string of the molecule is COC(=O)c1ccc(CCn2c(CN3CCC[C@@H]3CC(C)C)c(C)cc(Cl)c2=O)cc1. The molecule has 2 aromatic rings. The number of rotatable bonds is 8. The molecule has 0 unspecified atom stereocenters. The van der Waals surface area contributed by atoms with Crippen molar-refractivity contribution in [2.45, 2.75) is 65.6 Å². The van der Waals surface area contributed by atoms with Crippen molar-refractivity contribution in [3.8, 4) is 0 Å². The van der Waals surface area contributed by atoms with Crippen LogP contribution in [-0.4, -0.2) is 35.1 Å². The van der Waals surface area contributed by atoms with E-state index in [0.29, 0.717) is 30.5 Å².